The average Bonchev–Trinajstić information content (AvgIpc) is 2.48. The van der Waals surface area contributed by atoms with Gasteiger partial charge >= 0.3 is 0 Å². The van der Waals surface area contributed by atoms with Crippen LogP contribution in [-0.4, -0.2) is 38.3 Å². The van der Waals surface area contributed by atoms with E-state index in [0.717, 1.165) is 13.2 Å². The Hall–Kier alpha value is -0.860. The molecule has 2 rings (SSSR count). The van der Waals surface area contributed by atoms with E-state index in [2.05, 4.69) is 30.0 Å². The molecule has 0 N–H and O–H groups in total. The van der Waals surface area contributed by atoms with Gasteiger partial charge in [0.2, 0.25) is 0 Å². The molecule has 0 unspecified atom stereocenters. The van der Waals surface area contributed by atoms with Gasteiger partial charge in [0.05, 0.1) is 6.61 Å². The summed E-state index contributed by atoms with van der Waals surface area (Å²) in [6, 6.07) is 6.86. The van der Waals surface area contributed by atoms with E-state index in [0.29, 0.717) is 0 Å². The van der Waals surface area contributed by atoms with Gasteiger partial charge < -0.3 is 9.64 Å². The summed E-state index contributed by atoms with van der Waals surface area (Å²) < 4.78 is 5.14. The van der Waals surface area contributed by atoms with Gasteiger partial charge in [-0.25, -0.2) is 0 Å². The molecule has 0 spiro atoms. The van der Waals surface area contributed by atoms with Gasteiger partial charge in [-0.05, 0) is 30.9 Å². The van der Waals surface area contributed by atoms with Crippen LogP contribution in [0.1, 0.15) is 16.7 Å². The van der Waals surface area contributed by atoms with E-state index in [-0.39, 0.29) is 0 Å². The fourth-order valence-electron chi connectivity index (χ4n) is 2.34. The van der Waals surface area contributed by atoms with Crippen molar-refractivity contribution in [1.82, 2.24) is 4.90 Å². The minimum atomic E-state index is 0.843. The maximum Gasteiger partial charge on any atom is 0.0589 e. The number of fused-ring (bicyclic) bond motifs is 1. The number of methoxy groups -OCH3 is 1. The largest absolute Gasteiger partial charge is 0.383 e. The maximum atomic E-state index is 5.14. The van der Waals surface area contributed by atoms with E-state index in [1.807, 2.05) is 0 Å². The van der Waals surface area contributed by atoms with Gasteiger partial charge in [-0.15, -0.1) is 0 Å². The molecule has 0 bridgehead atoms. The Kier molecular flexibility index (Phi) is 3.97. The predicted molar refractivity (Wildman–Crippen MR) is 66.9 cm³/mol. The highest BCUT2D eigenvalue weighted by molar-refractivity contribution is 5.32. The maximum absolute atomic E-state index is 5.14. The lowest BCUT2D eigenvalue weighted by atomic mass is 10.0. The topological polar surface area (TPSA) is 12.5 Å². The Morgan fingerprint density at radius 3 is 2.69 bits per heavy atom. The molecule has 0 amide bonds. The number of hydrogen-bond donors (Lipinski definition) is 0. The van der Waals surface area contributed by atoms with Crippen LogP contribution in [0.15, 0.2) is 18.2 Å². The first-order chi connectivity index (χ1) is 7.79. The normalized spacial score (nSPS) is 16.9. The second-order valence-corrected chi connectivity index (χ2v) is 4.61. The molecule has 2 nitrogen and oxygen atoms in total. The zero-order valence-corrected chi connectivity index (χ0v) is 10.3. The standard InChI is InChI=1S/C14H21NO/c1-12-3-4-13-5-7-15(9-10-16-2)8-6-14(13)11-12/h3-4,11H,5-10H2,1-2H3. The van der Waals surface area contributed by atoms with Crippen LogP contribution in [0.4, 0.5) is 0 Å². The highest BCUT2D eigenvalue weighted by atomic mass is 16.5. The fourth-order valence-corrected chi connectivity index (χ4v) is 2.34. The molecule has 0 aromatic heterocycles. The predicted octanol–water partition coefficient (Wildman–Crippen LogP) is 2.04. The molecule has 2 heteroatoms. The number of aryl methyl sites for hydroxylation is 1. The van der Waals surface area contributed by atoms with Crippen LogP contribution in [0, 0.1) is 6.92 Å². The Bertz CT molecular complexity index is 349. The SMILES string of the molecule is COCCN1CCc2ccc(C)cc2CC1. The quantitative estimate of drug-likeness (QED) is 0.771. The molecule has 0 radical (unpaired) electrons. The number of ether oxygens (including phenoxy) is 1. The summed E-state index contributed by atoms with van der Waals surface area (Å²) in [4.78, 5) is 2.50. The summed E-state index contributed by atoms with van der Waals surface area (Å²) in [5.41, 5.74) is 4.45. The number of rotatable bonds is 3. The summed E-state index contributed by atoms with van der Waals surface area (Å²) in [7, 11) is 1.77. The Morgan fingerprint density at radius 1 is 1.19 bits per heavy atom. The van der Waals surface area contributed by atoms with Crippen molar-refractivity contribution in [2.75, 3.05) is 33.4 Å². The van der Waals surface area contributed by atoms with E-state index in [4.69, 9.17) is 4.74 Å². The molecule has 0 saturated carbocycles. The average molecular weight is 219 g/mol. The van der Waals surface area contributed by atoms with Crippen LogP contribution in [0.3, 0.4) is 0 Å². The van der Waals surface area contributed by atoms with Gasteiger partial charge in [-0.2, -0.15) is 0 Å². The van der Waals surface area contributed by atoms with E-state index in [9.17, 15) is 0 Å². The highest BCUT2D eigenvalue weighted by Gasteiger charge is 2.13. The second-order valence-electron chi connectivity index (χ2n) is 4.61. The summed E-state index contributed by atoms with van der Waals surface area (Å²) in [5.74, 6) is 0. The zero-order valence-electron chi connectivity index (χ0n) is 10.3. The summed E-state index contributed by atoms with van der Waals surface area (Å²) in [5, 5.41) is 0. The van der Waals surface area contributed by atoms with Crippen molar-refractivity contribution in [1.29, 1.82) is 0 Å². The molecule has 16 heavy (non-hydrogen) atoms. The third kappa shape index (κ3) is 2.83. The number of nitrogens with zero attached hydrogens (tertiary/aromatic N) is 1. The van der Waals surface area contributed by atoms with Crippen LogP contribution in [-0.2, 0) is 17.6 Å². The monoisotopic (exact) mass is 219 g/mol. The van der Waals surface area contributed by atoms with Crippen LogP contribution in [0.5, 0.6) is 0 Å². The summed E-state index contributed by atoms with van der Waals surface area (Å²) in [6.45, 7) is 6.41. The third-order valence-corrected chi connectivity index (χ3v) is 3.37. The number of hydrogen-bond acceptors (Lipinski definition) is 2. The van der Waals surface area contributed by atoms with Crippen molar-refractivity contribution < 1.29 is 4.74 Å². The molecule has 1 aromatic carbocycles. The second kappa shape index (κ2) is 5.46. The third-order valence-electron chi connectivity index (χ3n) is 3.37. The van der Waals surface area contributed by atoms with E-state index in [1.54, 1.807) is 12.7 Å². The molecular formula is C14H21NO. The zero-order chi connectivity index (χ0) is 11.4. The van der Waals surface area contributed by atoms with Crippen molar-refractivity contribution in [3.8, 4) is 0 Å². The van der Waals surface area contributed by atoms with Gasteiger partial charge in [-0.3, -0.25) is 0 Å². The molecule has 1 aliphatic rings. The van der Waals surface area contributed by atoms with Crippen LogP contribution >= 0.6 is 0 Å². The molecular weight excluding hydrogens is 198 g/mol. The van der Waals surface area contributed by atoms with Crippen LogP contribution in [0.2, 0.25) is 0 Å². The van der Waals surface area contributed by atoms with Crippen LogP contribution in [0.25, 0.3) is 0 Å². The Labute approximate surface area is 98.2 Å². The number of benzene rings is 1. The molecule has 1 heterocycles. The lowest BCUT2D eigenvalue weighted by Crippen LogP contribution is -2.29. The van der Waals surface area contributed by atoms with Crippen molar-refractivity contribution in [2.45, 2.75) is 19.8 Å². The molecule has 0 saturated heterocycles. The van der Waals surface area contributed by atoms with Crippen molar-refractivity contribution >= 4 is 0 Å². The minimum absolute atomic E-state index is 0.843. The van der Waals surface area contributed by atoms with E-state index < -0.39 is 0 Å². The molecule has 0 atom stereocenters. The summed E-state index contributed by atoms with van der Waals surface area (Å²) >= 11 is 0. The minimum Gasteiger partial charge on any atom is -0.383 e. The van der Waals surface area contributed by atoms with E-state index >= 15 is 0 Å². The van der Waals surface area contributed by atoms with Gasteiger partial charge in [0.15, 0.2) is 0 Å². The van der Waals surface area contributed by atoms with Crippen LogP contribution < -0.4 is 0 Å². The summed E-state index contributed by atoms with van der Waals surface area (Å²) in [6.07, 6.45) is 2.36. The first kappa shape index (κ1) is 11.6. The van der Waals surface area contributed by atoms with E-state index in [1.165, 1.54) is 37.1 Å². The smallest absolute Gasteiger partial charge is 0.0589 e. The Morgan fingerprint density at radius 2 is 1.94 bits per heavy atom. The Balaban J connectivity index is 2.01. The molecule has 88 valence electrons. The molecule has 0 aliphatic carbocycles. The fraction of sp³-hybridized carbons (Fsp3) is 0.571. The molecule has 1 aliphatic heterocycles. The van der Waals surface area contributed by atoms with Crippen molar-refractivity contribution in [2.24, 2.45) is 0 Å². The molecule has 1 aromatic rings. The molecule has 0 fully saturated rings. The van der Waals surface area contributed by atoms with Gasteiger partial charge in [0.25, 0.3) is 0 Å². The van der Waals surface area contributed by atoms with Crippen molar-refractivity contribution in [3.63, 3.8) is 0 Å². The first-order valence-electron chi connectivity index (χ1n) is 6.09. The lowest BCUT2D eigenvalue weighted by Gasteiger charge is -2.18. The van der Waals surface area contributed by atoms with Crippen molar-refractivity contribution in [3.05, 3.63) is 34.9 Å². The highest BCUT2D eigenvalue weighted by Crippen LogP contribution is 2.17. The first-order valence-corrected chi connectivity index (χ1v) is 6.09. The van der Waals surface area contributed by atoms with Gasteiger partial charge in [0, 0.05) is 26.7 Å². The van der Waals surface area contributed by atoms with Gasteiger partial charge in [-0.1, -0.05) is 23.8 Å². The lowest BCUT2D eigenvalue weighted by molar-refractivity contribution is 0.150. The van der Waals surface area contributed by atoms with Gasteiger partial charge in [0.1, 0.15) is 0 Å².